The number of anilines is 3. The molecule has 1 aliphatic heterocycles. The second-order valence-electron chi connectivity index (χ2n) is 7.43. The Morgan fingerprint density at radius 2 is 1.57 bits per heavy atom. The smallest absolute Gasteiger partial charge is 0.229 e. The van der Waals surface area contributed by atoms with E-state index in [1.807, 2.05) is 34.9 Å². The fraction of sp³-hybridized carbons (Fsp3) is 0.227. The van der Waals surface area contributed by atoms with Crippen molar-refractivity contribution in [3.8, 4) is 5.75 Å². The maximum atomic E-state index is 9.49. The van der Waals surface area contributed by atoms with Crippen LogP contribution in [0.15, 0.2) is 60.9 Å². The summed E-state index contributed by atoms with van der Waals surface area (Å²) in [6.45, 7) is 3.95. The summed E-state index contributed by atoms with van der Waals surface area (Å²) in [5.41, 5.74) is 9.88. The minimum Gasteiger partial charge on any atom is -0.508 e. The Balaban J connectivity index is 1.37. The van der Waals surface area contributed by atoms with Gasteiger partial charge in [-0.2, -0.15) is 9.97 Å². The number of benzene rings is 2. The highest BCUT2D eigenvalue weighted by Crippen LogP contribution is 2.24. The highest BCUT2D eigenvalue weighted by molar-refractivity contribution is 5.83. The minimum absolute atomic E-state index is 0.279. The van der Waals surface area contributed by atoms with Gasteiger partial charge in [0.2, 0.25) is 5.95 Å². The predicted molar refractivity (Wildman–Crippen MR) is 118 cm³/mol. The number of nitrogens with two attached hydrogens (primary N) is 1. The highest BCUT2D eigenvalue weighted by Gasteiger charge is 2.21. The molecule has 30 heavy (non-hydrogen) atoms. The zero-order chi connectivity index (χ0) is 20.5. The van der Waals surface area contributed by atoms with E-state index in [1.165, 1.54) is 5.56 Å². The Bertz CT molecular complexity index is 1150. The van der Waals surface area contributed by atoms with E-state index in [0.29, 0.717) is 23.8 Å². The SMILES string of the molecule is Nc1nc(N2CCN(c3ccc(O)cc3)CC2)nc2c1ncn2Cc1ccccc1. The van der Waals surface area contributed by atoms with Crippen molar-refractivity contribution in [3.05, 3.63) is 66.5 Å². The monoisotopic (exact) mass is 401 g/mol. The van der Waals surface area contributed by atoms with Crippen molar-refractivity contribution in [3.63, 3.8) is 0 Å². The first-order valence-electron chi connectivity index (χ1n) is 9.98. The number of hydrogen-bond donors (Lipinski definition) is 2. The van der Waals surface area contributed by atoms with Crippen molar-refractivity contribution in [1.82, 2.24) is 19.5 Å². The minimum atomic E-state index is 0.279. The third-order valence-corrected chi connectivity index (χ3v) is 5.45. The number of rotatable bonds is 4. The van der Waals surface area contributed by atoms with Crippen LogP contribution in [-0.2, 0) is 6.54 Å². The maximum Gasteiger partial charge on any atom is 0.229 e. The number of aromatic hydroxyl groups is 1. The van der Waals surface area contributed by atoms with Crippen LogP contribution in [0.1, 0.15) is 5.56 Å². The molecule has 0 spiro atoms. The number of phenolic OH excluding ortho intramolecular Hbond substituents is 1. The molecule has 0 saturated carbocycles. The molecule has 0 bridgehead atoms. The van der Waals surface area contributed by atoms with Gasteiger partial charge >= 0.3 is 0 Å². The first kappa shape index (κ1) is 18.2. The molecule has 8 nitrogen and oxygen atoms in total. The van der Waals surface area contributed by atoms with E-state index in [9.17, 15) is 5.11 Å². The molecule has 0 amide bonds. The zero-order valence-electron chi connectivity index (χ0n) is 16.5. The number of fused-ring (bicyclic) bond motifs is 1. The van der Waals surface area contributed by atoms with Crippen molar-refractivity contribution in [2.45, 2.75) is 6.54 Å². The van der Waals surface area contributed by atoms with Crippen LogP contribution in [0, 0.1) is 0 Å². The lowest BCUT2D eigenvalue weighted by molar-refractivity contribution is 0.475. The molecule has 2 aromatic heterocycles. The Morgan fingerprint density at radius 3 is 2.30 bits per heavy atom. The fourth-order valence-electron chi connectivity index (χ4n) is 3.82. The molecule has 0 atom stereocenters. The van der Waals surface area contributed by atoms with Gasteiger partial charge in [-0.1, -0.05) is 30.3 Å². The summed E-state index contributed by atoms with van der Waals surface area (Å²) >= 11 is 0. The van der Waals surface area contributed by atoms with Crippen molar-refractivity contribution >= 4 is 28.6 Å². The van der Waals surface area contributed by atoms with Gasteiger partial charge in [0.05, 0.1) is 12.9 Å². The summed E-state index contributed by atoms with van der Waals surface area (Å²) in [5.74, 6) is 1.32. The first-order chi connectivity index (χ1) is 14.7. The largest absolute Gasteiger partial charge is 0.508 e. The van der Waals surface area contributed by atoms with Crippen LogP contribution in [0.2, 0.25) is 0 Å². The van der Waals surface area contributed by atoms with Crippen LogP contribution in [0.25, 0.3) is 11.2 Å². The van der Waals surface area contributed by atoms with E-state index in [4.69, 9.17) is 10.7 Å². The van der Waals surface area contributed by atoms with Crippen LogP contribution in [0.4, 0.5) is 17.5 Å². The molecule has 152 valence electrons. The lowest BCUT2D eigenvalue weighted by Gasteiger charge is -2.36. The first-order valence-corrected chi connectivity index (χ1v) is 9.98. The van der Waals surface area contributed by atoms with E-state index in [1.54, 1.807) is 18.5 Å². The van der Waals surface area contributed by atoms with Gasteiger partial charge in [0.15, 0.2) is 11.5 Å². The predicted octanol–water partition coefficient (Wildman–Crippen LogP) is 2.49. The van der Waals surface area contributed by atoms with Gasteiger partial charge in [0.25, 0.3) is 0 Å². The third-order valence-electron chi connectivity index (χ3n) is 5.45. The lowest BCUT2D eigenvalue weighted by atomic mass is 10.2. The quantitative estimate of drug-likeness (QED) is 0.542. The van der Waals surface area contributed by atoms with Gasteiger partial charge < -0.3 is 25.2 Å². The fourth-order valence-corrected chi connectivity index (χ4v) is 3.82. The number of nitrogen functional groups attached to an aromatic ring is 1. The summed E-state index contributed by atoms with van der Waals surface area (Å²) in [6.07, 6.45) is 1.77. The molecule has 3 N–H and O–H groups in total. The summed E-state index contributed by atoms with van der Waals surface area (Å²) in [7, 11) is 0. The van der Waals surface area contributed by atoms with Crippen molar-refractivity contribution in [2.75, 3.05) is 41.7 Å². The van der Waals surface area contributed by atoms with Gasteiger partial charge in [-0.25, -0.2) is 4.98 Å². The van der Waals surface area contributed by atoms with Crippen LogP contribution in [0.5, 0.6) is 5.75 Å². The van der Waals surface area contributed by atoms with Crippen molar-refractivity contribution in [1.29, 1.82) is 0 Å². The van der Waals surface area contributed by atoms with Gasteiger partial charge in [-0.05, 0) is 29.8 Å². The number of imidazole rings is 1. The molecule has 3 heterocycles. The van der Waals surface area contributed by atoms with Gasteiger partial charge in [-0.3, -0.25) is 0 Å². The molecule has 2 aromatic carbocycles. The van der Waals surface area contributed by atoms with Gasteiger partial charge in [-0.15, -0.1) is 0 Å². The van der Waals surface area contributed by atoms with E-state index in [-0.39, 0.29) is 5.75 Å². The second kappa shape index (κ2) is 7.55. The maximum absolute atomic E-state index is 9.49. The van der Waals surface area contributed by atoms with Gasteiger partial charge in [0.1, 0.15) is 11.3 Å². The molecule has 4 aromatic rings. The van der Waals surface area contributed by atoms with E-state index < -0.39 is 0 Å². The molecule has 0 radical (unpaired) electrons. The topological polar surface area (TPSA) is 96.3 Å². The number of hydrogen-bond acceptors (Lipinski definition) is 7. The second-order valence-corrected chi connectivity index (χ2v) is 7.43. The summed E-state index contributed by atoms with van der Waals surface area (Å²) in [4.78, 5) is 18.2. The third kappa shape index (κ3) is 3.47. The Morgan fingerprint density at radius 1 is 0.867 bits per heavy atom. The molecule has 0 unspecified atom stereocenters. The van der Waals surface area contributed by atoms with Crippen LogP contribution in [0.3, 0.4) is 0 Å². The average Bonchev–Trinajstić information content (AvgIpc) is 3.18. The standard InChI is InChI=1S/C22H23N7O/c23-20-19-21(29(15-24-19)14-16-4-2-1-3-5-16)26-22(25-20)28-12-10-27(11-13-28)17-6-8-18(30)9-7-17/h1-9,15,30H,10-14H2,(H2,23,25,26). The Kier molecular flexibility index (Phi) is 4.59. The lowest BCUT2D eigenvalue weighted by Crippen LogP contribution is -2.47. The average molecular weight is 401 g/mol. The number of piperazine rings is 1. The summed E-state index contributed by atoms with van der Waals surface area (Å²) < 4.78 is 2.01. The molecular formula is C22H23N7O. The van der Waals surface area contributed by atoms with E-state index >= 15 is 0 Å². The number of nitrogens with zero attached hydrogens (tertiary/aromatic N) is 6. The molecule has 5 rings (SSSR count). The van der Waals surface area contributed by atoms with Gasteiger partial charge in [0, 0.05) is 31.9 Å². The molecule has 1 saturated heterocycles. The Hall–Kier alpha value is -3.81. The van der Waals surface area contributed by atoms with Crippen LogP contribution < -0.4 is 15.5 Å². The Labute approximate surface area is 174 Å². The van der Waals surface area contributed by atoms with Crippen LogP contribution in [-0.4, -0.2) is 50.8 Å². The summed E-state index contributed by atoms with van der Waals surface area (Å²) in [5, 5.41) is 9.49. The molecule has 8 heteroatoms. The highest BCUT2D eigenvalue weighted by atomic mass is 16.3. The number of aromatic nitrogens is 4. The molecule has 1 fully saturated rings. The molecule has 1 aliphatic rings. The van der Waals surface area contributed by atoms with E-state index in [2.05, 4.69) is 31.9 Å². The van der Waals surface area contributed by atoms with E-state index in [0.717, 1.165) is 37.5 Å². The van der Waals surface area contributed by atoms with Crippen molar-refractivity contribution < 1.29 is 5.11 Å². The summed E-state index contributed by atoms with van der Waals surface area (Å²) in [6, 6.07) is 17.5. The molecular weight excluding hydrogens is 378 g/mol. The number of phenols is 1. The normalized spacial score (nSPS) is 14.4. The molecule has 0 aliphatic carbocycles. The van der Waals surface area contributed by atoms with Crippen LogP contribution >= 0.6 is 0 Å². The van der Waals surface area contributed by atoms with Crippen molar-refractivity contribution in [2.24, 2.45) is 0 Å². The zero-order valence-corrected chi connectivity index (χ0v) is 16.5.